The summed E-state index contributed by atoms with van der Waals surface area (Å²) in [5.74, 6) is -0.120. The van der Waals surface area contributed by atoms with Gasteiger partial charge in [-0.05, 0) is 40.8 Å². The van der Waals surface area contributed by atoms with E-state index < -0.39 is 0 Å². The molecule has 0 unspecified atom stereocenters. The zero-order valence-corrected chi connectivity index (χ0v) is 10.3. The second-order valence-corrected chi connectivity index (χ2v) is 4.24. The van der Waals surface area contributed by atoms with Crippen molar-refractivity contribution in [2.24, 2.45) is 5.73 Å². The van der Waals surface area contributed by atoms with Gasteiger partial charge in [-0.1, -0.05) is 11.6 Å². The number of carbonyl (C=O) groups is 1. The van der Waals surface area contributed by atoms with Crippen molar-refractivity contribution in [1.82, 2.24) is 5.32 Å². The summed E-state index contributed by atoms with van der Waals surface area (Å²) in [6, 6.07) is 5.14. The van der Waals surface area contributed by atoms with Crippen molar-refractivity contribution in [3.63, 3.8) is 0 Å². The summed E-state index contributed by atoms with van der Waals surface area (Å²) in [5.41, 5.74) is 5.88. The molecule has 0 radical (unpaired) electrons. The predicted octanol–water partition coefficient (Wildman–Crippen LogP) is 1.63. The number of nitrogens with two attached hydrogens (primary N) is 1. The van der Waals surface area contributed by atoms with Crippen LogP contribution in [-0.2, 0) is 0 Å². The Morgan fingerprint density at radius 1 is 1.57 bits per heavy atom. The molecule has 1 rings (SSSR count). The van der Waals surface area contributed by atoms with Gasteiger partial charge in [0.2, 0.25) is 0 Å². The van der Waals surface area contributed by atoms with Gasteiger partial charge in [-0.25, -0.2) is 0 Å². The van der Waals surface area contributed by atoms with E-state index in [0.717, 1.165) is 3.57 Å². The molecule has 0 aliphatic heterocycles. The van der Waals surface area contributed by atoms with E-state index in [2.05, 4.69) is 27.9 Å². The Labute approximate surface area is 101 Å². The second kappa shape index (κ2) is 5.53. The summed E-state index contributed by atoms with van der Waals surface area (Å²) in [4.78, 5) is 11.5. The smallest absolute Gasteiger partial charge is 0.251 e. The summed E-state index contributed by atoms with van der Waals surface area (Å²) >= 11 is 7.91. The standard InChI is InChI=1S/C9H10ClIN2O/c10-7-2-1-6(5-8(7)11)9(14)13-4-3-12/h1-2,5H,3-4,12H2,(H,13,14). The van der Waals surface area contributed by atoms with Crippen molar-refractivity contribution < 1.29 is 4.79 Å². The van der Waals surface area contributed by atoms with Gasteiger partial charge in [-0.15, -0.1) is 0 Å². The number of carbonyl (C=O) groups excluding carboxylic acids is 1. The Hall–Kier alpha value is -0.330. The van der Waals surface area contributed by atoms with Crippen LogP contribution in [0.3, 0.4) is 0 Å². The number of benzene rings is 1. The molecule has 3 N–H and O–H groups in total. The maximum absolute atomic E-state index is 11.5. The van der Waals surface area contributed by atoms with Gasteiger partial charge in [-0.2, -0.15) is 0 Å². The van der Waals surface area contributed by atoms with Gasteiger partial charge in [0.25, 0.3) is 5.91 Å². The van der Waals surface area contributed by atoms with Gasteiger partial charge in [0, 0.05) is 22.2 Å². The lowest BCUT2D eigenvalue weighted by molar-refractivity contribution is 0.0954. The SMILES string of the molecule is NCCNC(=O)c1ccc(Cl)c(I)c1. The molecule has 76 valence electrons. The van der Waals surface area contributed by atoms with Crippen LogP contribution in [0.25, 0.3) is 0 Å². The van der Waals surface area contributed by atoms with Crippen molar-refractivity contribution in [2.45, 2.75) is 0 Å². The van der Waals surface area contributed by atoms with Crippen molar-refractivity contribution >= 4 is 40.1 Å². The van der Waals surface area contributed by atoms with E-state index in [1.165, 1.54) is 0 Å². The number of halogens is 2. The highest BCUT2D eigenvalue weighted by molar-refractivity contribution is 14.1. The van der Waals surface area contributed by atoms with Gasteiger partial charge in [0.05, 0.1) is 5.02 Å². The van der Waals surface area contributed by atoms with Crippen LogP contribution in [0.2, 0.25) is 5.02 Å². The van der Waals surface area contributed by atoms with E-state index in [-0.39, 0.29) is 5.91 Å². The number of hydrogen-bond acceptors (Lipinski definition) is 2. The van der Waals surface area contributed by atoms with Crippen molar-refractivity contribution in [2.75, 3.05) is 13.1 Å². The molecule has 1 aromatic carbocycles. The molecule has 0 aliphatic rings. The fourth-order valence-electron chi connectivity index (χ4n) is 0.925. The highest BCUT2D eigenvalue weighted by atomic mass is 127. The molecule has 0 saturated carbocycles. The second-order valence-electron chi connectivity index (χ2n) is 2.67. The minimum Gasteiger partial charge on any atom is -0.351 e. The van der Waals surface area contributed by atoms with E-state index >= 15 is 0 Å². The zero-order valence-electron chi connectivity index (χ0n) is 7.39. The zero-order chi connectivity index (χ0) is 10.6. The third-order valence-electron chi connectivity index (χ3n) is 1.61. The maximum atomic E-state index is 11.5. The Bertz CT molecular complexity index is 344. The van der Waals surface area contributed by atoms with Gasteiger partial charge in [0.15, 0.2) is 0 Å². The Morgan fingerprint density at radius 2 is 2.29 bits per heavy atom. The first-order valence-electron chi connectivity index (χ1n) is 4.08. The molecule has 5 heteroatoms. The van der Waals surface area contributed by atoms with Gasteiger partial charge < -0.3 is 11.1 Å². The van der Waals surface area contributed by atoms with Gasteiger partial charge in [-0.3, -0.25) is 4.79 Å². The number of amides is 1. The first-order chi connectivity index (χ1) is 6.65. The Balaban J connectivity index is 2.76. The van der Waals surface area contributed by atoms with Crippen LogP contribution >= 0.6 is 34.2 Å². The number of hydrogen-bond donors (Lipinski definition) is 2. The van der Waals surface area contributed by atoms with Crippen LogP contribution in [0, 0.1) is 3.57 Å². The third-order valence-corrected chi connectivity index (χ3v) is 3.15. The Kier molecular flexibility index (Phi) is 4.64. The predicted molar refractivity (Wildman–Crippen MR) is 65.6 cm³/mol. The van der Waals surface area contributed by atoms with Crippen LogP contribution in [0.4, 0.5) is 0 Å². The minimum atomic E-state index is -0.120. The minimum absolute atomic E-state index is 0.120. The molecule has 0 bridgehead atoms. The fourth-order valence-corrected chi connectivity index (χ4v) is 1.56. The molecule has 0 fully saturated rings. The molecular weight excluding hydrogens is 314 g/mol. The van der Waals surface area contributed by atoms with E-state index in [1.54, 1.807) is 18.2 Å². The molecule has 0 saturated heterocycles. The van der Waals surface area contributed by atoms with Crippen LogP contribution in [-0.4, -0.2) is 19.0 Å². The van der Waals surface area contributed by atoms with E-state index in [1.807, 2.05) is 0 Å². The molecule has 0 aliphatic carbocycles. The summed E-state index contributed by atoms with van der Waals surface area (Å²) in [6.45, 7) is 0.925. The van der Waals surface area contributed by atoms with E-state index in [0.29, 0.717) is 23.7 Å². The van der Waals surface area contributed by atoms with Crippen LogP contribution in [0.1, 0.15) is 10.4 Å². The van der Waals surface area contributed by atoms with Gasteiger partial charge >= 0.3 is 0 Å². The molecule has 0 heterocycles. The Morgan fingerprint density at radius 3 is 2.86 bits per heavy atom. The molecule has 1 amide bonds. The molecular formula is C9H10ClIN2O. The quantitative estimate of drug-likeness (QED) is 0.831. The maximum Gasteiger partial charge on any atom is 0.251 e. The lowest BCUT2D eigenvalue weighted by Crippen LogP contribution is -2.28. The molecule has 0 atom stereocenters. The molecule has 3 nitrogen and oxygen atoms in total. The topological polar surface area (TPSA) is 55.1 Å². The number of rotatable bonds is 3. The van der Waals surface area contributed by atoms with Crippen LogP contribution < -0.4 is 11.1 Å². The van der Waals surface area contributed by atoms with Crippen molar-refractivity contribution in [3.8, 4) is 0 Å². The summed E-state index contributed by atoms with van der Waals surface area (Å²) < 4.78 is 0.865. The number of nitrogens with one attached hydrogen (secondary N) is 1. The van der Waals surface area contributed by atoms with Crippen LogP contribution in [0.5, 0.6) is 0 Å². The highest BCUT2D eigenvalue weighted by Gasteiger charge is 2.06. The summed E-state index contributed by atoms with van der Waals surface area (Å²) in [6.07, 6.45) is 0. The van der Waals surface area contributed by atoms with E-state index in [4.69, 9.17) is 17.3 Å². The van der Waals surface area contributed by atoms with Crippen molar-refractivity contribution in [3.05, 3.63) is 32.4 Å². The monoisotopic (exact) mass is 324 g/mol. The average Bonchev–Trinajstić information content (AvgIpc) is 2.18. The lowest BCUT2D eigenvalue weighted by atomic mass is 10.2. The van der Waals surface area contributed by atoms with Crippen molar-refractivity contribution in [1.29, 1.82) is 0 Å². The highest BCUT2D eigenvalue weighted by Crippen LogP contribution is 2.19. The van der Waals surface area contributed by atoms with Crippen LogP contribution in [0.15, 0.2) is 18.2 Å². The lowest BCUT2D eigenvalue weighted by Gasteiger charge is -2.04. The molecule has 1 aromatic rings. The summed E-state index contributed by atoms with van der Waals surface area (Å²) in [5, 5.41) is 3.34. The summed E-state index contributed by atoms with van der Waals surface area (Å²) in [7, 11) is 0. The molecule has 0 spiro atoms. The normalized spacial score (nSPS) is 9.93. The van der Waals surface area contributed by atoms with E-state index in [9.17, 15) is 4.79 Å². The first kappa shape index (κ1) is 11.7. The third kappa shape index (κ3) is 3.11. The molecule has 14 heavy (non-hydrogen) atoms. The molecule has 0 aromatic heterocycles. The largest absolute Gasteiger partial charge is 0.351 e. The average molecular weight is 325 g/mol. The van der Waals surface area contributed by atoms with Gasteiger partial charge in [0.1, 0.15) is 0 Å². The first-order valence-corrected chi connectivity index (χ1v) is 5.54. The fraction of sp³-hybridized carbons (Fsp3) is 0.222.